The minimum Gasteiger partial charge on any atom is -0.495 e. The Labute approximate surface area is 115 Å². The van der Waals surface area contributed by atoms with E-state index < -0.39 is 0 Å². The van der Waals surface area contributed by atoms with Crippen LogP contribution < -0.4 is 10.1 Å². The van der Waals surface area contributed by atoms with E-state index in [9.17, 15) is 0 Å². The molecule has 1 unspecified atom stereocenters. The first-order valence-corrected chi connectivity index (χ1v) is 7.04. The zero-order valence-corrected chi connectivity index (χ0v) is 12.1. The lowest BCUT2D eigenvalue weighted by atomic mass is 9.77. The van der Waals surface area contributed by atoms with E-state index in [1.165, 1.54) is 18.4 Å². The molecule has 1 saturated carbocycles. The first kappa shape index (κ1) is 14.3. The van der Waals surface area contributed by atoms with Crippen LogP contribution in [0, 0.1) is 5.92 Å². The molecule has 2 rings (SSSR count). The predicted octanol–water partition coefficient (Wildman–Crippen LogP) is 2.56. The number of nitrogens with zero attached hydrogens (tertiary/aromatic N) is 1. The smallest absolute Gasteiger partial charge is 0.137 e. The second-order valence-corrected chi connectivity index (χ2v) is 5.15. The first-order valence-electron chi connectivity index (χ1n) is 7.04. The average molecular weight is 264 g/mol. The van der Waals surface area contributed by atoms with E-state index in [2.05, 4.69) is 23.3 Å². The van der Waals surface area contributed by atoms with Gasteiger partial charge in [-0.3, -0.25) is 4.98 Å². The Morgan fingerprint density at radius 1 is 1.42 bits per heavy atom. The van der Waals surface area contributed by atoms with Crippen molar-refractivity contribution in [1.29, 1.82) is 0 Å². The van der Waals surface area contributed by atoms with E-state index in [0.29, 0.717) is 12.1 Å². The normalized spacial score (nSPS) is 23.7. The summed E-state index contributed by atoms with van der Waals surface area (Å²) in [5.41, 5.74) is 1.20. The van der Waals surface area contributed by atoms with Gasteiger partial charge in [0.25, 0.3) is 0 Å². The van der Waals surface area contributed by atoms with Crippen LogP contribution in [0.25, 0.3) is 0 Å². The van der Waals surface area contributed by atoms with Crippen molar-refractivity contribution >= 4 is 0 Å². The minimum atomic E-state index is 0.343. The fraction of sp³-hybridized carbons (Fsp3) is 0.667. The molecule has 1 aliphatic carbocycles. The molecule has 4 nitrogen and oxygen atoms in total. The van der Waals surface area contributed by atoms with Crippen LogP contribution >= 0.6 is 0 Å². The largest absolute Gasteiger partial charge is 0.495 e. The van der Waals surface area contributed by atoms with Crippen molar-refractivity contribution in [3.05, 3.63) is 24.0 Å². The lowest BCUT2D eigenvalue weighted by molar-refractivity contribution is -0.0289. The molecule has 1 aromatic rings. The number of hydrogen-bond donors (Lipinski definition) is 1. The number of pyridine rings is 1. The Bertz CT molecular complexity index is 391. The molecule has 1 atom stereocenters. The maximum atomic E-state index is 5.61. The Morgan fingerprint density at radius 2 is 2.21 bits per heavy atom. The van der Waals surface area contributed by atoms with Gasteiger partial charge in [-0.15, -0.1) is 0 Å². The van der Waals surface area contributed by atoms with Crippen LogP contribution in [0.2, 0.25) is 0 Å². The van der Waals surface area contributed by atoms with Crippen LogP contribution in [-0.4, -0.2) is 31.9 Å². The molecule has 0 saturated heterocycles. The van der Waals surface area contributed by atoms with E-state index in [-0.39, 0.29) is 0 Å². The number of hydrogen-bond acceptors (Lipinski definition) is 4. The van der Waals surface area contributed by atoms with Gasteiger partial charge in [-0.2, -0.15) is 0 Å². The van der Waals surface area contributed by atoms with Crippen molar-refractivity contribution in [2.45, 2.75) is 38.3 Å². The molecule has 0 spiro atoms. The van der Waals surface area contributed by atoms with Crippen LogP contribution in [0.4, 0.5) is 0 Å². The fourth-order valence-electron chi connectivity index (χ4n) is 2.73. The van der Waals surface area contributed by atoms with Crippen molar-refractivity contribution in [1.82, 2.24) is 10.3 Å². The first-order chi connectivity index (χ1) is 9.26. The zero-order valence-electron chi connectivity index (χ0n) is 12.1. The molecule has 0 aliphatic heterocycles. The van der Waals surface area contributed by atoms with Gasteiger partial charge in [0, 0.05) is 18.8 Å². The summed E-state index contributed by atoms with van der Waals surface area (Å²) < 4.78 is 10.8. The molecular formula is C15H24N2O2. The predicted molar refractivity (Wildman–Crippen MR) is 75.3 cm³/mol. The van der Waals surface area contributed by atoms with Gasteiger partial charge in [0.1, 0.15) is 5.75 Å². The molecule has 4 heteroatoms. The van der Waals surface area contributed by atoms with Crippen LogP contribution in [0.15, 0.2) is 18.5 Å². The molecule has 0 radical (unpaired) electrons. The molecule has 0 amide bonds. The molecule has 1 aliphatic rings. The fourth-order valence-corrected chi connectivity index (χ4v) is 2.73. The molecule has 1 heterocycles. The number of nitrogens with one attached hydrogen (secondary N) is 1. The number of ether oxygens (including phenoxy) is 2. The second-order valence-electron chi connectivity index (χ2n) is 5.15. The molecule has 0 aromatic carbocycles. The third kappa shape index (κ3) is 3.67. The highest BCUT2D eigenvalue weighted by Crippen LogP contribution is 2.37. The highest BCUT2D eigenvalue weighted by molar-refractivity contribution is 5.26. The van der Waals surface area contributed by atoms with Crippen LogP contribution in [-0.2, 0) is 4.74 Å². The maximum absolute atomic E-state index is 5.61. The van der Waals surface area contributed by atoms with Gasteiger partial charge in [0.05, 0.1) is 19.4 Å². The Hall–Kier alpha value is -1.13. The summed E-state index contributed by atoms with van der Waals surface area (Å²) in [5.74, 6) is 1.57. The van der Waals surface area contributed by atoms with E-state index in [4.69, 9.17) is 9.47 Å². The number of rotatable bonds is 7. The van der Waals surface area contributed by atoms with Gasteiger partial charge in [-0.1, -0.05) is 0 Å². The van der Waals surface area contributed by atoms with Gasteiger partial charge in [-0.05, 0) is 50.8 Å². The van der Waals surface area contributed by atoms with Crippen molar-refractivity contribution in [3.63, 3.8) is 0 Å². The SMILES string of the molecule is CCOC1CC(CC(NC)c2cncc(OC)c2)C1. The van der Waals surface area contributed by atoms with E-state index in [1.54, 1.807) is 13.3 Å². The summed E-state index contributed by atoms with van der Waals surface area (Å²) in [6.45, 7) is 2.89. The standard InChI is InChI=1S/C15H24N2O2/c1-4-19-13-5-11(6-13)7-15(16-2)12-8-14(18-3)10-17-9-12/h8-11,13,15-16H,4-7H2,1-3H3. The van der Waals surface area contributed by atoms with Gasteiger partial charge >= 0.3 is 0 Å². The monoisotopic (exact) mass is 264 g/mol. The number of methoxy groups -OCH3 is 1. The van der Waals surface area contributed by atoms with Crippen LogP contribution in [0.3, 0.4) is 0 Å². The summed E-state index contributed by atoms with van der Waals surface area (Å²) in [4.78, 5) is 4.23. The van der Waals surface area contributed by atoms with Crippen molar-refractivity contribution in [3.8, 4) is 5.75 Å². The van der Waals surface area contributed by atoms with Crippen LogP contribution in [0.1, 0.15) is 37.8 Å². The summed E-state index contributed by atoms with van der Waals surface area (Å²) in [7, 11) is 3.68. The third-order valence-electron chi connectivity index (χ3n) is 3.88. The van der Waals surface area contributed by atoms with E-state index in [0.717, 1.165) is 24.7 Å². The van der Waals surface area contributed by atoms with E-state index in [1.807, 2.05) is 13.2 Å². The molecule has 19 heavy (non-hydrogen) atoms. The topological polar surface area (TPSA) is 43.4 Å². The molecule has 1 N–H and O–H groups in total. The Kier molecular flexibility index (Phi) is 5.16. The summed E-state index contributed by atoms with van der Waals surface area (Å²) >= 11 is 0. The molecule has 0 bridgehead atoms. The van der Waals surface area contributed by atoms with Crippen LogP contribution in [0.5, 0.6) is 5.75 Å². The lowest BCUT2D eigenvalue weighted by Gasteiger charge is -2.37. The van der Waals surface area contributed by atoms with Crippen molar-refractivity contribution in [2.75, 3.05) is 20.8 Å². The van der Waals surface area contributed by atoms with Gasteiger partial charge < -0.3 is 14.8 Å². The van der Waals surface area contributed by atoms with Gasteiger partial charge in [-0.25, -0.2) is 0 Å². The Morgan fingerprint density at radius 3 is 2.84 bits per heavy atom. The summed E-state index contributed by atoms with van der Waals surface area (Å²) in [6, 6.07) is 2.41. The molecule has 1 aromatic heterocycles. The molecule has 106 valence electrons. The lowest BCUT2D eigenvalue weighted by Crippen LogP contribution is -2.34. The van der Waals surface area contributed by atoms with Gasteiger partial charge in [0.15, 0.2) is 0 Å². The number of aromatic nitrogens is 1. The minimum absolute atomic E-state index is 0.343. The highest BCUT2D eigenvalue weighted by Gasteiger charge is 2.31. The van der Waals surface area contributed by atoms with E-state index >= 15 is 0 Å². The zero-order chi connectivity index (χ0) is 13.7. The Balaban J connectivity index is 1.90. The van der Waals surface area contributed by atoms with Crippen molar-refractivity contribution in [2.24, 2.45) is 5.92 Å². The van der Waals surface area contributed by atoms with Gasteiger partial charge in [0.2, 0.25) is 0 Å². The average Bonchev–Trinajstić information content (AvgIpc) is 2.41. The molecule has 1 fully saturated rings. The summed E-state index contributed by atoms with van der Waals surface area (Å²) in [5, 5.41) is 3.38. The highest BCUT2D eigenvalue weighted by atomic mass is 16.5. The van der Waals surface area contributed by atoms with Crippen molar-refractivity contribution < 1.29 is 9.47 Å². The maximum Gasteiger partial charge on any atom is 0.137 e. The molecular weight excluding hydrogens is 240 g/mol. The summed E-state index contributed by atoms with van der Waals surface area (Å²) in [6.07, 6.45) is 7.64. The second kappa shape index (κ2) is 6.87. The third-order valence-corrected chi connectivity index (χ3v) is 3.88. The quantitative estimate of drug-likeness (QED) is 0.822.